The van der Waals surface area contributed by atoms with Gasteiger partial charge in [0, 0.05) is 12.7 Å². The van der Waals surface area contributed by atoms with Crippen molar-refractivity contribution in [2.45, 2.75) is 6.10 Å². The summed E-state index contributed by atoms with van der Waals surface area (Å²) in [4.78, 5) is 13.2. The Hall–Kier alpha value is -1.39. The maximum absolute atomic E-state index is 13.9. The summed E-state index contributed by atoms with van der Waals surface area (Å²) in [7, 11) is 0.713. The number of carbonyl (C=O) groups excluding carboxylic acids is 1. The lowest BCUT2D eigenvalue weighted by Crippen LogP contribution is -2.25. The molecule has 1 aromatic rings. The number of carbonyl (C=O) groups is 1. The van der Waals surface area contributed by atoms with Crippen LogP contribution in [0.4, 0.5) is 20.6 Å². The van der Waals surface area contributed by atoms with Crippen molar-refractivity contribution in [1.29, 1.82) is 0 Å². The number of cyclic esters (lactones) is 1. The molecular formula is C13H18FN2O3P. The number of ether oxygens (including phenoxy) is 1. The number of anilines is 2. The number of nitrogens with one attached hydrogen (secondary N) is 1. The first-order valence-corrected chi connectivity index (χ1v) is 8.13. The number of rotatable bonds is 6. The summed E-state index contributed by atoms with van der Waals surface area (Å²) >= 11 is 0. The first-order chi connectivity index (χ1) is 9.65. The Kier molecular flexibility index (Phi) is 5.15. The van der Waals surface area contributed by atoms with E-state index in [1.54, 1.807) is 12.1 Å². The Labute approximate surface area is 118 Å². The van der Waals surface area contributed by atoms with Crippen LogP contribution in [0, 0.1) is 5.82 Å². The van der Waals surface area contributed by atoms with E-state index in [2.05, 4.69) is 12.0 Å². The fourth-order valence-electron chi connectivity index (χ4n) is 2.07. The largest absolute Gasteiger partial charge is 0.444 e. The van der Waals surface area contributed by atoms with Gasteiger partial charge < -0.3 is 15.2 Å². The SMILES string of the molecule is CPC[C@H]1CN(c2ccc(NCCO)c(F)c2)C(=O)O1. The molecule has 0 aromatic heterocycles. The summed E-state index contributed by atoms with van der Waals surface area (Å²) in [5.41, 5.74) is 0.797. The average molecular weight is 300 g/mol. The van der Waals surface area contributed by atoms with Gasteiger partial charge in [0.1, 0.15) is 11.9 Å². The van der Waals surface area contributed by atoms with Crippen LogP contribution < -0.4 is 10.2 Å². The highest BCUT2D eigenvalue weighted by molar-refractivity contribution is 7.37. The van der Waals surface area contributed by atoms with E-state index in [9.17, 15) is 9.18 Å². The van der Waals surface area contributed by atoms with Gasteiger partial charge in [-0.25, -0.2) is 9.18 Å². The first-order valence-electron chi connectivity index (χ1n) is 6.42. The molecule has 1 aliphatic heterocycles. The van der Waals surface area contributed by atoms with Crippen LogP contribution in [-0.2, 0) is 4.74 Å². The van der Waals surface area contributed by atoms with E-state index in [0.29, 0.717) is 26.5 Å². The number of nitrogens with zero attached hydrogens (tertiary/aromatic N) is 1. The smallest absolute Gasteiger partial charge is 0.414 e. The van der Waals surface area contributed by atoms with Crippen molar-refractivity contribution in [1.82, 2.24) is 0 Å². The zero-order chi connectivity index (χ0) is 14.5. The minimum absolute atomic E-state index is 0.0703. The molecule has 110 valence electrons. The van der Waals surface area contributed by atoms with Crippen LogP contribution in [0.1, 0.15) is 0 Å². The van der Waals surface area contributed by atoms with Gasteiger partial charge in [0.25, 0.3) is 0 Å². The number of hydrogen-bond acceptors (Lipinski definition) is 4. The molecule has 2 atom stereocenters. The maximum Gasteiger partial charge on any atom is 0.414 e. The molecule has 2 N–H and O–H groups in total. The standard InChI is InChI=1S/C13H18FN2O3P/c1-20-8-10-7-16(13(18)19-10)9-2-3-12(11(14)6-9)15-4-5-17/h2-3,6,10,15,17,20H,4-5,7-8H2,1H3/t10-/m1/s1. The quantitative estimate of drug-likeness (QED) is 0.787. The van der Waals surface area contributed by atoms with Gasteiger partial charge in [-0.05, 0) is 24.9 Å². The van der Waals surface area contributed by atoms with Crippen LogP contribution in [0.25, 0.3) is 0 Å². The number of aliphatic hydroxyl groups is 1. The van der Waals surface area contributed by atoms with Gasteiger partial charge in [-0.3, -0.25) is 4.90 Å². The van der Waals surface area contributed by atoms with E-state index in [1.807, 2.05) is 0 Å². The van der Waals surface area contributed by atoms with Crippen molar-refractivity contribution >= 4 is 26.0 Å². The van der Waals surface area contributed by atoms with Gasteiger partial charge in [-0.1, -0.05) is 0 Å². The van der Waals surface area contributed by atoms with E-state index < -0.39 is 11.9 Å². The summed E-state index contributed by atoms with van der Waals surface area (Å²) in [6, 6.07) is 4.53. The Morgan fingerprint density at radius 2 is 2.40 bits per heavy atom. The minimum atomic E-state index is -0.454. The second-order valence-electron chi connectivity index (χ2n) is 4.49. The van der Waals surface area contributed by atoms with Gasteiger partial charge in [0.05, 0.1) is 24.5 Å². The molecule has 1 aromatic carbocycles. The normalized spacial score (nSPS) is 18.9. The topological polar surface area (TPSA) is 61.8 Å². The molecule has 1 heterocycles. The lowest BCUT2D eigenvalue weighted by molar-refractivity contribution is 0.151. The van der Waals surface area contributed by atoms with Gasteiger partial charge in [0.15, 0.2) is 0 Å². The molecule has 0 aliphatic carbocycles. The van der Waals surface area contributed by atoms with Crippen LogP contribution in [0.2, 0.25) is 0 Å². The van der Waals surface area contributed by atoms with E-state index in [1.165, 1.54) is 11.0 Å². The zero-order valence-corrected chi connectivity index (χ0v) is 12.2. The molecule has 1 aliphatic rings. The highest BCUT2D eigenvalue weighted by atomic mass is 31.1. The van der Waals surface area contributed by atoms with Crippen molar-refractivity contribution < 1.29 is 19.0 Å². The predicted octanol–water partition coefficient (Wildman–Crippen LogP) is 1.86. The van der Waals surface area contributed by atoms with Gasteiger partial charge in [-0.2, -0.15) is 0 Å². The Morgan fingerprint density at radius 1 is 1.60 bits per heavy atom. The van der Waals surface area contributed by atoms with Gasteiger partial charge in [-0.15, -0.1) is 8.58 Å². The number of halogens is 1. The molecule has 1 amide bonds. The van der Waals surface area contributed by atoms with Crippen LogP contribution in [0.15, 0.2) is 18.2 Å². The number of aliphatic hydroxyl groups excluding tert-OH is 1. The summed E-state index contributed by atoms with van der Waals surface area (Å²) in [6.45, 7) is 2.72. The summed E-state index contributed by atoms with van der Waals surface area (Å²) in [5, 5.41) is 11.5. The Balaban J connectivity index is 2.09. The number of amides is 1. The van der Waals surface area contributed by atoms with E-state index in [0.717, 1.165) is 6.16 Å². The average Bonchev–Trinajstić information content (AvgIpc) is 2.79. The molecule has 1 fully saturated rings. The predicted molar refractivity (Wildman–Crippen MR) is 78.7 cm³/mol. The molecule has 0 radical (unpaired) electrons. The van der Waals surface area contributed by atoms with Crippen molar-refractivity contribution in [3.8, 4) is 0 Å². The van der Waals surface area contributed by atoms with Crippen LogP contribution in [-0.4, -0.2) is 49.8 Å². The summed E-state index contributed by atoms with van der Waals surface area (Å²) < 4.78 is 19.1. The lowest BCUT2D eigenvalue weighted by Gasteiger charge is -2.14. The first kappa shape index (κ1) is 15.0. The van der Waals surface area contributed by atoms with Crippen molar-refractivity contribution in [3.05, 3.63) is 24.0 Å². The third kappa shape index (κ3) is 3.38. The minimum Gasteiger partial charge on any atom is -0.444 e. The third-order valence-corrected chi connectivity index (χ3v) is 3.86. The van der Waals surface area contributed by atoms with Crippen molar-refractivity contribution in [2.75, 3.05) is 42.7 Å². The summed E-state index contributed by atoms with van der Waals surface area (Å²) in [6.07, 6.45) is 0.297. The van der Waals surface area contributed by atoms with Crippen LogP contribution >= 0.6 is 8.58 Å². The second-order valence-corrected chi connectivity index (χ2v) is 5.60. The molecular weight excluding hydrogens is 282 g/mol. The molecule has 20 heavy (non-hydrogen) atoms. The molecule has 0 spiro atoms. The van der Waals surface area contributed by atoms with Crippen molar-refractivity contribution in [3.63, 3.8) is 0 Å². The maximum atomic E-state index is 13.9. The lowest BCUT2D eigenvalue weighted by atomic mass is 10.2. The highest BCUT2D eigenvalue weighted by Crippen LogP contribution is 2.27. The molecule has 0 bridgehead atoms. The van der Waals surface area contributed by atoms with Crippen LogP contribution in [0.5, 0.6) is 0 Å². The molecule has 7 heteroatoms. The number of hydrogen-bond donors (Lipinski definition) is 2. The Morgan fingerprint density at radius 3 is 3.05 bits per heavy atom. The highest BCUT2D eigenvalue weighted by Gasteiger charge is 2.31. The molecule has 1 saturated heterocycles. The van der Waals surface area contributed by atoms with Crippen LogP contribution in [0.3, 0.4) is 0 Å². The second kappa shape index (κ2) is 6.86. The zero-order valence-electron chi connectivity index (χ0n) is 11.2. The molecule has 2 rings (SSSR count). The third-order valence-electron chi connectivity index (χ3n) is 3.00. The molecule has 5 nitrogen and oxygen atoms in total. The number of benzene rings is 1. The van der Waals surface area contributed by atoms with E-state index >= 15 is 0 Å². The fraction of sp³-hybridized carbons (Fsp3) is 0.462. The van der Waals surface area contributed by atoms with E-state index in [-0.39, 0.29) is 19.3 Å². The fourth-order valence-corrected chi connectivity index (χ4v) is 2.74. The Bertz CT molecular complexity index is 487. The van der Waals surface area contributed by atoms with Crippen molar-refractivity contribution in [2.24, 2.45) is 0 Å². The molecule has 1 unspecified atom stereocenters. The van der Waals surface area contributed by atoms with Gasteiger partial charge >= 0.3 is 6.09 Å². The molecule has 0 saturated carbocycles. The summed E-state index contributed by atoms with van der Waals surface area (Å²) in [5.74, 6) is -0.454. The van der Waals surface area contributed by atoms with E-state index in [4.69, 9.17) is 9.84 Å². The van der Waals surface area contributed by atoms with Gasteiger partial charge in [0.2, 0.25) is 0 Å². The monoisotopic (exact) mass is 300 g/mol.